The average Bonchev–Trinajstić information content (AvgIpc) is 2.87. The molecule has 0 bridgehead atoms. The van der Waals surface area contributed by atoms with Crippen LogP contribution in [-0.4, -0.2) is 72.3 Å². The number of hydrogen-bond acceptors (Lipinski definition) is 7. The molecular formula is C26H36F3N3O8. The molecule has 0 aliphatic rings. The SMILES string of the molecule is CCCC[C@H](NC(=O)[C@@H](NC(=O)OCc1ccccc1)C(C)C)C(=O)N[C@@H](CC(=O)O)C(=O)COCC(F)(F)F. The van der Waals surface area contributed by atoms with Crippen molar-refractivity contribution in [2.45, 2.75) is 77.4 Å². The molecule has 1 rings (SSSR count). The smallest absolute Gasteiger partial charge is 0.411 e. The van der Waals surface area contributed by atoms with E-state index in [1.165, 1.54) is 0 Å². The second-order valence-corrected chi connectivity index (χ2v) is 9.36. The van der Waals surface area contributed by atoms with Crippen LogP contribution in [0, 0.1) is 5.92 Å². The van der Waals surface area contributed by atoms with E-state index in [2.05, 4.69) is 20.7 Å². The van der Waals surface area contributed by atoms with Gasteiger partial charge in [-0.2, -0.15) is 13.2 Å². The molecule has 0 fully saturated rings. The number of carbonyl (C=O) groups excluding carboxylic acids is 4. The second-order valence-electron chi connectivity index (χ2n) is 9.36. The van der Waals surface area contributed by atoms with Gasteiger partial charge in [0.1, 0.15) is 37.9 Å². The predicted molar refractivity (Wildman–Crippen MR) is 136 cm³/mol. The summed E-state index contributed by atoms with van der Waals surface area (Å²) in [4.78, 5) is 61.9. The number of halogens is 3. The fourth-order valence-electron chi connectivity index (χ4n) is 3.43. The van der Waals surface area contributed by atoms with Crippen LogP contribution in [0.15, 0.2) is 30.3 Å². The lowest BCUT2D eigenvalue weighted by atomic mass is 10.0. The van der Waals surface area contributed by atoms with Crippen molar-refractivity contribution in [3.05, 3.63) is 35.9 Å². The zero-order valence-electron chi connectivity index (χ0n) is 22.6. The van der Waals surface area contributed by atoms with E-state index in [9.17, 15) is 37.1 Å². The lowest BCUT2D eigenvalue weighted by Crippen LogP contribution is -2.57. The van der Waals surface area contributed by atoms with Crippen molar-refractivity contribution in [3.8, 4) is 0 Å². The van der Waals surface area contributed by atoms with Crippen molar-refractivity contribution >= 4 is 29.7 Å². The predicted octanol–water partition coefficient (Wildman–Crippen LogP) is 2.72. The largest absolute Gasteiger partial charge is 0.481 e. The monoisotopic (exact) mass is 575 g/mol. The summed E-state index contributed by atoms with van der Waals surface area (Å²) in [5, 5.41) is 16.3. The maximum absolute atomic E-state index is 13.1. The van der Waals surface area contributed by atoms with Crippen molar-refractivity contribution in [1.29, 1.82) is 0 Å². The second kappa shape index (κ2) is 17.1. The molecule has 0 saturated heterocycles. The maximum Gasteiger partial charge on any atom is 0.411 e. The number of carbonyl (C=O) groups is 5. The number of nitrogens with one attached hydrogen (secondary N) is 3. The molecule has 3 atom stereocenters. The van der Waals surface area contributed by atoms with Gasteiger partial charge in [-0.15, -0.1) is 0 Å². The number of benzene rings is 1. The first-order valence-electron chi connectivity index (χ1n) is 12.7. The Bertz CT molecular complexity index is 989. The van der Waals surface area contributed by atoms with Crippen LogP contribution >= 0.6 is 0 Å². The Hall–Kier alpha value is -3.68. The van der Waals surface area contributed by atoms with Crippen molar-refractivity contribution < 1.29 is 51.7 Å². The number of alkyl halides is 3. The molecule has 0 aromatic heterocycles. The molecule has 1 aromatic rings. The number of rotatable bonds is 17. The molecule has 0 radical (unpaired) electrons. The number of hydrogen-bond donors (Lipinski definition) is 4. The third-order valence-corrected chi connectivity index (χ3v) is 5.51. The topological polar surface area (TPSA) is 160 Å². The van der Waals surface area contributed by atoms with Gasteiger partial charge in [0.25, 0.3) is 0 Å². The van der Waals surface area contributed by atoms with Gasteiger partial charge in [0.05, 0.1) is 6.42 Å². The lowest BCUT2D eigenvalue weighted by Gasteiger charge is -2.26. The quantitative estimate of drug-likeness (QED) is 0.221. The molecule has 0 aliphatic carbocycles. The van der Waals surface area contributed by atoms with E-state index in [-0.39, 0.29) is 13.0 Å². The van der Waals surface area contributed by atoms with Crippen LogP contribution in [0.5, 0.6) is 0 Å². The Kier molecular flexibility index (Phi) is 14.7. The molecule has 0 aliphatic heterocycles. The van der Waals surface area contributed by atoms with Crippen molar-refractivity contribution in [3.63, 3.8) is 0 Å². The molecule has 40 heavy (non-hydrogen) atoms. The fourth-order valence-corrected chi connectivity index (χ4v) is 3.43. The van der Waals surface area contributed by atoms with Gasteiger partial charge < -0.3 is 30.5 Å². The first-order chi connectivity index (χ1) is 18.7. The highest BCUT2D eigenvalue weighted by Gasteiger charge is 2.33. The average molecular weight is 576 g/mol. The number of aliphatic carboxylic acids is 1. The van der Waals surface area contributed by atoms with Crippen LogP contribution in [0.25, 0.3) is 0 Å². The number of unbranched alkanes of at least 4 members (excludes halogenated alkanes) is 1. The molecule has 11 nitrogen and oxygen atoms in total. The Morgan fingerprint density at radius 1 is 0.950 bits per heavy atom. The van der Waals surface area contributed by atoms with Gasteiger partial charge in [-0.25, -0.2) is 4.79 Å². The number of carboxylic acids is 1. The van der Waals surface area contributed by atoms with Crippen molar-refractivity contribution in [2.24, 2.45) is 5.92 Å². The standard InChI is InChI=1S/C26H36F3N3O8/c1-4-5-11-18(23(36)31-19(12-21(34)35)20(33)14-39-15-26(27,28)29)30-24(37)22(16(2)3)32-25(38)40-13-17-9-7-6-8-10-17/h6-10,16,18-19,22H,4-5,11-15H2,1-3H3,(H,30,37)(H,31,36)(H,32,38)(H,34,35)/t18-,19-,22-/m0/s1. The van der Waals surface area contributed by atoms with E-state index in [0.717, 1.165) is 5.56 Å². The lowest BCUT2D eigenvalue weighted by molar-refractivity contribution is -0.176. The van der Waals surface area contributed by atoms with Gasteiger partial charge in [-0.05, 0) is 17.9 Å². The van der Waals surface area contributed by atoms with Gasteiger partial charge in [-0.3, -0.25) is 19.2 Å². The third kappa shape index (κ3) is 13.9. The van der Waals surface area contributed by atoms with Gasteiger partial charge in [0.2, 0.25) is 11.8 Å². The van der Waals surface area contributed by atoms with E-state index < -0.39 is 79.5 Å². The zero-order chi connectivity index (χ0) is 30.3. The van der Waals surface area contributed by atoms with E-state index >= 15 is 0 Å². The van der Waals surface area contributed by atoms with Gasteiger partial charge in [-0.1, -0.05) is 63.9 Å². The molecule has 3 amide bonds. The fraction of sp³-hybridized carbons (Fsp3) is 0.577. The Morgan fingerprint density at radius 3 is 2.12 bits per heavy atom. The van der Waals surface area contributed by atoms with Gasteiger partial charge in [0, 0.05) is 0 Å². The minimum Gasteiger partial charge on any atom is -0.481 e. The third-order valence-electron chi connectivity index (χ3n) is 5.51. The van der Waals surface area contributed by atoms with E-state index in [4.69, 9.17) is 9.84 Å². The molecule has 0 spiro atoms. The molecule has 1 aromatic carbocycles. The molecule has 0 heterocycles. The van der Waals surface area contributed by atoms with Crippen LogP contribution < -0.4 is 16.0 Å². The molecule has 4 N–H and O–H groups in total. The summed E-state index contributed by atoms with van der Waals surface area (Å²) in [6, 6.07) is 4.83. The van der Waals surface area contributed by atoms with Crippen LogP contribution in [0.4, 0.5) is 18.0 Å². The van der Waals surface area contributed by atoms with Crippen LogP contribution in [0.1, 0.15) is 52.0 Å². The zero-order valence-corrected chi connectivity index (χ0v) is 22.6. The number of Topliss-reactive ketones (excluding diaryl/α,β-unsaturated/α-hetero) is 1. The highest BCUT2D eigenvalue weighted by molar-refractivity contribution is 5.96. The van der Waals surface area contributed by atoms with E-state index in [1.807, 2.05) is 6.92 Å². The van der Waals surface area contributed by atoms with E-state index in [1.54, 1.807) is 44.2 Å². The van der Waals surface area contributed by atoms with Crippen molar-refractivity contribution in [1.82, 2.24) is 16.0 Å². The molecule has 224 valence electrons. The molecule has 0 unspecified atom stereocenters. The summed E-state index contributed by atoms with van der Waals surface area (Å²) >= 11 is 0. The minimum atomic E-state index is -4.70. The first kappa shape index (κ1) is 34.3. The van der Waals surface area contributed by atoms with Crippen LogP contribution in [0.2, 0.25) is 0 Å². The summed E-state index contributed by atoms with van der Waals surface area (Å²) in [5.41, 5.74) is 0.730. The Labute approximate surface area is 230 Å². The number of carboxylic acid groups (broad SMARTS) is 1. The summed E-state index contributed by atoms with van der Waals surface area (Å²) in [7, 11) is 0. The number of ketones is 1. The Morgan fingerprint density at radius 2 is 1.57 bits per heavy atom. The summed E-state index contributed by atoms with van der Waals surface area (Å²) in [5.74, 6) is -4.62. The number of alkyl carbamates (subject to hydrolysis) is 1. The number of amides is 3. The highest BCUT2D eigenvalue weighted by Crippen LogP contribution is 2.14. The maximum atomic E-state index is 13.1. The number of ether oxygens (including phenoxy) is 2. The summed E-state index contributed by atoms with van der Waals surface area (Å²) in [6.45, 7) is 2.31. The highest BCUT2D eigenvalue weighted by atomic mass is 19.4. The minimum absolute atomic E-state index is 0.0354. The summed E-state index contributed by atoms with van der Waals surface area (Å²) in [6.07, 6.45) is -5.27. The van der Waals surface area contributed by atoms with Crippen LogP contribution in [0.3, 0.4) is 0 Å². The van der Waals surface area contributed by atoms with Gasteiger partial charge in [0.15, 0.2) is 5.78 Å². The first-order valence-corrected chi connectivity index (χ1v) is 12.7. The summed E-state index contributed by atoms with van der Waals surface area (Å²) < 4.78 is 46.4. The Balaban J connectivity index is 2.89. The molecule has 14 heteroatoms. The molecule has 0 saturated carbocycles. The molecular weight excluding hydrogens is 539 g/mol. The van der Waals surface area contributed by atoms with E-state index in [0.29, 0.717) is 12.8 Å². The van der Waals surface area contributed by atoms with Crippen molar-refractivity contribution in [2.75, 3.05) is 13.2 Å². The normalized spacial score (nSPS) is 13.6. The van der Waals surface area contributed by atoms with Gasteiger partial charge >= 0.3 is 18.2 Å². The van der Waals surface area contributed by atoms with Crippen LogP contribution in [-0.2, 0) is 35.3 Å².